The standard InChI is InChI=1S/C25H40N7O8/c1-15(22(37)30-16(14-33)12-21(35)36)29-24(39)19-8-5-11-32(19)25(40)18(6-2-3-9-26)31-20(34)13-28-23(38)17-7-4-10-27-17/h15-19,27H,2-13,26H2,1H3,(H,28,38)(H,29,39)(H,30,37)(H,31,34)(H,35,36)/t15-,16-,17-,18-,19-/m0/s1. The van der Waals surface area contributed by atoms with Crippen LogP contribution < -0.4 is 32.3 Å². The van der Waals surface area contributed by atoms with E-state index in [0.717, 1.165) is 13.0 Å². The molecule has 5 amide bonds. The molecule has 1 radical (unpaired) electrons. The Morgan fingerprint density at radius 2 is 1.80 bits per heavy atom. The molecule has 15 nitrogen and oxygen atoms in total. The summed E-state index contributed by atoms with van der Waals surface area (Å²) in [5, 5.41) is 21.8. The first-order valence-electron chi connectivity index (χ1n) is 13.6. The van der Waals surface area contributed by atoms with E-state index in [0.29, 0.717) is 38.6 Å². The summed E-state index contributed by atoms with van der Waals surface area (Å²) in [6.07, 6.45) is 4.67. The van der Waals surface area contributed by atoms with Gasteiger partial charge in [0.05, 0.1) is 19.0 Å². The maximum atomic E-state index is 13.5. The molecule has 0 aliphatic carbocycles. The average Bonchev–Trinajstić information content (AvgIpc) is 3.63. The molecular weight excluding hydrogens is 526 g/mol. The summed E-state index contributed by atoms with van der Waals surface area (Å²) >= 11 is 0. The zero-order valence-corrected chi connectivity index (χ0v) is 22.7. The monoisotopic (exact) mass is 566 g/mol. The third kappa shape index (κ3) is 10.2. The van der Waals surface area contributed by atoms with Gasteiger partial charge in [0.25, 0.3) is 0 Å². The van der Waals surface area contributed by atoms with E-state index >= 15 is 0 Å². The van der Waals surface area contributed by atoms with E-state index < -0.39 is 60.2 Å². The highest BCUT2D eigenvalue weighted by molar-refractivity contribution is 5.95. The van der Waals surface area contributed by atoms with Crippen LogP contribution in [0.2, 0.25) is 0 Å². The maximum Gasteiger partial charge on any atom is 0.305 e. The van der Waals surface area contributed by atoms with E-state index in [1.807, 2.05) is 0 Å². The Morgan fingerprint density at radius 3 is 2.42 bits per heavy atom. The van der Waals surface area contributed by atoms with Crippen LogP contribution in [0, 0.1) is 0 Å². The molecular formula is C25H40N7O8. The molecule has 223 valence electrons. The van der Waals surface area contributed by atoms with Crippen molar-refractivity contribution in [3.8, 4) is 0 Å². The fourth-order valence-electron chi connectivity index (χ4n) is 4.67. The lowest BCUT2D eigenvalue weighted by molar-refractivity contribution is -0.142. The Labute approximate surface area is 232 Å². The summed E-state index contributed by atoms with van der Waals surface area (Å²) in [4.78, 5) is 86.7. The molecule has 15 heteroatoms. The molecule has 2 saturated heterocycles. The lowest BCUT2D eigenvalue weighted by Gasteiger charge is -2.29. The van der Waals surface area contributed by atoms with E-state index in [1.165, 1.54) is 18.1 Å². The van der Waals surface area contributed by atoms with Gasteiger partial charge in [0, 0.05) is 6.54 Å². The van der Waals surface area contributed by atoms with Gasteiger partial charge in [0.2, 0.25) is 35.8 Å². The van der Waals surface area contributed by atoms with E-state index in [-0.39, 0.29) is 31.5 Å². The SMILES string of the molecule is C[C@H](NC(=O)[C@@H]1CCCN1C(=O)[C@H](CCCCN)NC(=O)CNC(=O)[C@@H]1CCCN1)C(=O)N[C@H]([C]=O)CC(=O)O. The summed E-state index contributed by atoms with van der Waals surface area (Å²) in [6, 6.07) is -4.66. The van der Waals surface area contributed by atoms with Crippen molar-refractivity contribution in [3.63, 3.8) is 0 Å². The van der Waals surface area contributed by atoms with Crippen molar-refractivity contribution in [3.05, 3.63) is 0 Å². The molecule has 0 aromatic heterocycles. The summed E-state index contributed by atoms with van der Waals surface area (Å²) < 4.78 is 0. The Morgan fingerprint density at radius 1 is 1.05 bits per heavy atom. The van der Waals surface area contributed by atoms with E-state index in [9.17, 15) is 33.6 Å². The second kappa shape index (κ2) is 16.5. The van der Waals surface area contributed by atoms with Crippen LogP contribution in [0.15, 0.2) is 0 Å². The topological polar surface area (TPSA) is 229 Å². The molecule has 2 fully saturated rings. The van der Waals surface area contributed by atoms with Crippen molar-refractivity contribution < 1.29 is 38.7 Å². The summed E-state index contributed by atoms with van der Waals surface area (Å²) in [6.45, 7) is 2.48. The molecule has 0 aromatic rings. The largest absolute Gasteiger partial charge is 0.481 e. The molecule has 2 rings (SSSR count). The molecule has 2 aliphatic heterocycles. The number of likely N-dealkylation sites (tertiary alicyclic amines) is 1. The summed E-state index contributed by atoms with van der Waals surface area (Å²) in [7, 11) is 0. The van der Waals surface area contributed by atoms with Crippen LogP contribution in [0.4, 0.5) is 0 Å². The van der Waals surface area contributed by atoms with E-state index in [2.05, 4.69) is 26.6 Å². The van der Waals surface area contributed by atoms with Crippen molar-refractivity contribution in [2.75, 3.05) is 26.2 Å². The second-order valence-electron chi connectivity index (χ2n) is 9.97. The number of nitrogens with two attached hydrogens (primary N) is 1. The highest BCUT2D eigenvalue weighted by atomic mass is 16.4. The number of carboxylic acids is 1. The molecule has 40 heavy (non-hydrogen) atoms. The maximum absolute atomic E-state index is 13.5. The quantitative estimate of drug-likeness (QED) is 0.0938. The van der Waals surface area contributed by atoms with E-state index in [1.54, 1.807) is 0 Å². The molecule has 2 aliphatic rings. The lowest BCUT2D eigenvalue weighted by atomic mass is 10.1. The minimum atomic E-state index is -1.37. The lowest BCUT2D eigenvalue weighted by Crippen LogP contribution is -2.57. The van der Waals surface area contributed by atoms with Gasteiger partial charge in [0.1, 0.15) is 24.2 Å². The van der Waals surface area contributed by atoms with Crippen molar-refractivity contribution in [2.45, 2.75) is 88.5 Å². The highest BCUT2D eigenvalue weighted by Crippen LogP contribution is 2.20. The van der Waals surface area contributed by atoms with Crippen LogP contribution in [0.5, 0.6) is 0 Å². The molecule has 0 spiro atoms. The Hall–Kier alpha value is -3.59. The number of nitrogens with zero attached hydrogens (tertiary/aromatic N) is 1. The first kappa shape index (κ1) is 32.6. The number of rotatable bonds is 16. The van der Waals surface area contributed by atoms with Gasteiger partial charge < -0.3 is 42.3 Å². The fourth-order valence-corrected chi connectivity index (χ4v) is 4.67. The third-order valence-electron chi connectivity index (χ3n) is 6.81. The number of carbonyl (C=O) groups excluding carboxylic acids is 6. The number of hydrogen-bond donors (Lipinski definition) is 7. The molecule has 2 heterocycles. The predicted octanol–water partition coefficient (Wildman–Crippen LogP) is -2.97. The normalized spacial score (nSPS) is 20.6. The van der Waals surface area contributed by atoms with Gasteiger partial charge >= 0.3 is 5.97 Å². The minimum Gasteiger partial charge on any atom is -0.481 e. The molecule has 0 bridgehead atoms. The van der Waals surface area contributed by atoms with Gasteiger partial charge in [0.15, 0.2) is 0 Å². The fraction of sp³-hybridized carbons (Fsp3) is 0.720. The third-order valence-corrected chi connectivity index (χ3v) is 6.81. The molecule has 5 atom stereocenters. The number of carboxylic acid groups (broad SMARTS) is 1. The van der Waals surface area contributed by atoms with Crippen LogP contribution in [0.3, 0.4) is 0 Å². The predicted molar refractivity (Wildman–Crippen MR) is 141 cm³/mol. The Kier molecular flexibility index (Phi) is 13.5. The number of nitrogens with one attached hydrogen (secondary N) is 5. The first-order chi connectivity index (χ1) is 19.1. The number of carbonyl (C=O) groups is 6. The first-order valence-corrected chi connectivity index (χ1v) is 13.6. The van der Waals surface area contributed by atoms with Gasteiger partial charge in [-0.3, -0.25) is 33.6 Å². The zero-order valence-electron chi connectivity index (χ0n) is 22.7. The van der Waals surface area contributed by atoms with Gasteiger partial charge in [-0.15, -0.1) is 0 Å². The molecule has 0 saturated carbocycles. The number of aliphatic carboxylic acids is 1. The van der Waals surface area contributed by atoms with Crippen LogP contribution >= 0.6 is 0 Å². The number of unbranched alkanes of at least 4 members (excludes halogenated alkanes) is 1. The van der Waals surface area contributed by atoms with Crippen molar-refractivity contribution in [1.82, 2.24) is 31.5 Å². The van der Waals surface area contributed by atoms with Gasteiger partial charge in [-0.05, 0) is 65.0 Å². The Bertz CT molecular complexity index is 940. The summed E-state index contributed by atoms with van der Waals surface area (Å²) in [5.74, 6) is -3.95. The van der Waals surface area contributed by atoms with Gasteiger partial charge in [-0.1, -0.05) is 0 Å². The van der Waals surface area contributed by atoms with Crippen molar-refractivity contribution in [2.24, 2.45) is 5.73 Å². The molecule has 0 aromatic carbocycles. The smallest absolute Gasteiger partial charge is 0.305 e. The van der Waals surface area contributed by atoms with Crippen molar-refractivity contribution in [1.29, 1.82) is 0 Å². The zero-order chi connectivity index (χ0) is 29.7. The van der Waals surface area contributed by atoms with E-state index in [4.69, 9.17) is 10.8 Å². The van der Waals surface area contributed by atoms with Crippen LogP contribution in [0.1, 0.15) is 58.3 Å². The summed E-state index contributed by atoms with van der Waals surface area (Å²) in [5.41, 5.74) is 5.58. The number of amides is 5. The molecule has 0 unspecified atom stereocenters. The second-order valence-corrected chi connectivity index (χ2v) is 9.97. The van der Waals surface area contributed by atoms with Crippen LogP contribution in [-0.4, -0.2) is 108 Å². The average molecular weight is 567 g/mol. The van der Waals surface area contributed by atoms with Gasteiger partial charge in [-0.25, -0.2) is 0 Å². The molecule has 8 N–H and O–H groups in total. The van der Waals surface area contributed by atoms with Crippen LogP contribution in [0.25, 0.3) is 0 Å². The number of hydrogen-bond acceptors (Lipinski definition) is 9. The van der Waals surface area contributed by atoms with Gasteiger partial charge in [-0.2, -0.15) is 0 Å². The Balaban J connectivity index is 1.98. The van der Waals surface area contributed by atoms with Crippen molar-refractivity contribution >= 4 is 41.8 Å². The minimum absolute atomic E-state index is 0.269. The highest BCUT2D eigenvalue weighted by Gasteiger charge is 2.38. The van der Waals surface area contributed by atoms with Crippen LogP contribution in [-0.2, 0) is 33.6 Å².